The molecule has 0 aliphatic heterocycles. The SMILES string of the molecule is CCCc1cccc(C(C)CC)c1. The van der Waals surface area contributed by atoms with Crippen LogP contribution < -0.4 is 0 Å². The van der Waals surface area contributed by atoms with E-state index in [1.807, 2.05) is 0 Å². The summed E-state index contributed by atoms with van der Waals surface area (Å²) in [5, 5.41) is 0. The summed E-state index contributed by atoms with van der Waals surface area (Å²) in [4.78, 5) is 0. The van der Waals surface area contributed by atoms with Crippen molar-refractivity contribution in [3.8, 4) is 0 Å². The summed E-state index contributed by atoms with van der Waals surface area (Å²) in [6, 6.07) is 9.02. The monoisotopic (exact) mass is 176 g/mol. The summed E-state index contributed by atoms with van der Waals surface area (Å²) in [6.45, 7) is 6.78. The summed E-state index contributed by atoms with van der Waals surface area (Å²) < 4.78 is 0. The third kappa shape index (κ3) is 2.87. The van der Waals surface area contributed by atoms with Crippen LogP contribution in [0.25, 0.3) is 0 Å². The predicted molar refractivity (Wildman–Crippen MR) is 59.1 cm³/mol. The summed E-state index contributed by atoms with van der Waals surface area (Å²) in [5.41, 5.74) is 2.98. The maximum absolute atomic E-state index is 2.36. The van der Waals surface area contributed by atoms with Crippen molar-refractivity contribution in [2.24, 2.45) is 0 Å². The molecule has 0 bridgehead atoms. The molecule has 13 heavy (non-hydrogen) atoms. The minimum Gasteiger partial charge on any atom is -0.0651 e. The minimum absolute atomic E-state index is 0.705. The van der Waals surface area contributed by atoms with Gasteiger partial charge in [0.15, 0.2) is 0 Å². The van der Waals surface area contributed by atoms with E-state index in [0.717, 1.165) is 0 Å². The molecule has 0 heterocycles. The van der Waals surface area contributed by atoms with Gasteiger partial charge >= 0.3 is 0 Å². The van der Waals surface area contributed by atoms with Crippen molar-refractivity contribution in [3.63, 3.8) is 0 Å². The Morgan fingerprint density at radius 2 is 2.00 bits per heavy atom. The number of aryl methyl sites for hydroxylation is 1. The second-order valence-corrected chi connectivity index (χ2v) is 3.80. The maximum Gasteiger partial charge on any atom is -0.0193 e. The molecule has 0 heteroatoms. The highest BCUT2D eigenvalue weighted by atomic mass is 14.1. The fourth-order valence-electron chi connectivity index (χ4n) is 1.58. The van der Waals surface area contributed by atoms with Crippen molar-refractivity contribution in [3.05, 3.63) is 35.4 Å². The van der Waals surface area contributed by atoms with Gasteiger partial charge in [0, 0.05) is 0 Å². The van der Waals surface area contributed by atoms with Crippen molar-refractivity contribution in [1.82, 2.24) is 0 Å². The largest absolute Gasteiger partial charge is 0.0651 e. The highest BCUT2D eigenvalue weighted by molar-refractivity contribution is 5.26. The van der Waals surface area contributed by atoms with E-state index in [1.54, 1.807) is 0 Å². The smallest absolute Gasteiger partial charge is 0.0193 e. The summed E-state index contributed by atoms with van der Waals surface area (Å²) in [7, 11) is 0. The molecular weight excluding hydrogens is 156 g/mol. The van der Waals surface area contributed by atoms with Gasteiger partial charge in [-0.3, -0.25) is 0 Å². The lowest BCUT2D eigenvalue weighted by atomic mass is 9.96. The van der Waals surface area contributed by atoms with Crippen LogP contribution in [0.2, 0.25) is 0 Å². The van der Waals surface area contributed by atoms with Gasteiger partial charge < -0.3 is 0 Å². The molecule has 0 radical (unpaired) electrons. The Hall–Kier alpha value is -0.780. The highest BCUT2D eigenvalue weighted by Gasteiger charge is 2.02. The van der Waals surface area contributed by atoms with Crippen molar-refractivity contribution >= 4 is 0 Å². The second-order valence-electron chi connectivity index (χ2n) is 3.80. The Morgan fingerprint density at radius 1 is 1.23 bits per heavy atom. The molecule has 0 amide bonds. The fourth-order valence-corrected chi connectivity index (χ4v) is 1.58. The molecule has 1 rings (SSSR count). The Labute approximate surface area is 82.0 Å². The number of hydrogen-bond donors (Lipinski definition) is 0. The molecule has 0 aliphatic rings. The Morgan fingerprint density at radius 3 is 2.62 bits per heavy atom. The van der Waals surface area contributed by atoms with E-state index in [2.05, 4.69) is 45.0 Å². The van der Waals surface area contributed by atoms with Gasteiger partial charge in [0.2, 0.25) is 0 Å². The number of benzene rings is 1. The van der Waals surface area contributed by atoms with E-state index in [-0.39, 0.29) is 0 Å². The number of hydrogen-bond acceptors (Lipinski definition) is 0. The lowest BCUT2D eigenvalue weighted by Crippen LogP contribution is -1.92. The van der Waals surface area contributed by atoms with Crippen molar-refractivity contribution in [1.29, 1.82) is 0 Å². The molecule has 0 fully saturated rings. The zero-order chi connectivity index (χ0) is 9.68. The third-order valence-electron chi connectivity index (χ3n) is 2.67. The average molecular weight is 176 g/mol. The molecule has 0 spiro atoms. The van der Waals surface area contributed by atoms with Crippen LogP contribution >= 0.6 is 0 Å². The molecule has 0 nitrogen and oxygen atoms in total. The van der Waals surface area contributed by atoms with Crippen molar-refractivity contribution < 1.29 is 0 Å². The van der Waals surface area contributed by atoms with Gasteiger partial charge in [-0.15, -0.1) is 0 Å². The van der Waals surface area contributed by atoms with Crippen molar-refractivity contribution in [2.45, 2.75) is 46.0 Å². The van der Waals surface area contributed by atoms with E-state index < -0.39 is 0 Å². The minimum atomic E-state index is 0.705. The first-order valence-corrected chi connectivity index (χ1v) is 5.36. The molecule has 0 saturated heterocycles. The quantitative estimate of drug-likeness (QED) is 0.646. The molecule has 0 saturated carbocycles. The lowest BCUT2D eigenvalue weighted by molar-refractivity contribution is 0.731. The molecule has 0 aromatic heterocycles. The van der Waals surface area contributed by atoms with E-state index in [9.17, 15) is 0 Å². The van der Waals surface area contributed by atoms with E-state index in [4.69, 9.17) is 0 Å². The molecule has 72 valence electrons. The highest BCUT2D eigenvalue weighted by Crippen LogP contribution is 2.19. The molecule has 1 aromatic rings. The Balaban J connectivity index is 2.78. The maximum atomic E-state index is 2.36. The van der Waals surface area contributed by atoms with Crippen LogP contribution in [0, 0.1) is 0 Å². The summed E-state index contributed by atoms with van der Waals surface area (Å²) >= 11 is 0. The van der Waals surface area contributed by atoms with Gasteiger partial charge in [0.1, 0.15) is 0 Å². The van der Waals surface area contributed by atoms with Gasteiger partial charge in [-0.2, -0.15) is 0 Å². The predicted octanol–water partition coefficient (Wildman–Crippen LogP) is 4.15. The molecule has 1 atom stereocenters. The first-order chi connectivity index (χ1) is 6.27. The normalized spacial score (nSPS) is 12.8. The van der Waals surface area contributed by atoms with E-state index in [0.29, 0.717) is 5.92 Å². The van der Waals surface area contributed by atoms with Crippen LogP contribution in [-0.4, -0.2) is 0 Å². The van der Waals surface area contributed by atoms with Gasteiger partial charge in [0.25, 0.3) is 0 Å². The zero-order valence-electron chi connectivity index (χ0n) is 9.01. The molecule has 1 unspecified atom stereocenters. The second kappa shape index (κ2) is 5.06. The summed E-state index contributed by atoms with van der Waals surface area (Å²) in [6.07, 6.45) is 3.68. The van der Waals surface area contributed by atoms with E-state index in [1.165, 1.54) is 30.4 Å². The number of rotatable bonds is 4. The molecule has 0 aliphatic carbocycles. The van der Waals surface area contributed by atoms with Crippen LogP contribution in [-0.2, 0) is 6.42 Å². The first kappa shape index (κ1) is 10.3. The topological polar surface area (TPSA) is 0 Å². The van der Waals surface area contributed by atoms with Crippen LogP contribution in [0.4, 0.5) is 0 Å². The summed E-state index contributed by atoms with van der Waals surface area (Å²) in [5.74, 6) is 0.705. The van der Waals surface area contributed by atoms with Gasteiger partial charge in [-0.1, -0.05) is 51.5 Å². The fraction of sp³-hybridized carbons (Fsp3) is 0.538. The third-order valence-corrected chi connectivity index (χ3v) is 2.67. The first-order valence-electron chi connectivity index (χ1n) is 5.36. The van der Waals surface area contributed by atoms with Gasteiger partial charge in [0.05, 0.1) is 0 Å². The van der Waals surface area contributed by atoms with Gasteiger partial charge in [-0.25, -0.2) is 0 Å². The molecule has 1 aromatic carbocycles. The van der Waals surface area contributed by atoms with Crippen LogP contribution in [0.15, 0.2) is 24.3 Å². The molecule has 0 N–H and O–H groups in total. The van der Waals surface area contributed by atoms with Crippen LogP contribution in [0.3, 0.4) is 0 Å². The molecular formula is C13H20. The average Bonchev–Trinajstić information content (AvgIpc) is 2.18. The lowest BCUT2D eigenvalue weighted by Gasteiger charge is -2.10. The van der Waals surface area contributed by atoms with Gasteiger partial charge in [-0.05, 0) is 29.9 Å². The van der Waals surface area contributed by atoms with E-state index >= 15 is 0 Å². The zero-order valence-corrected chi connectivity index (χ0v) is 9.01. The standard InChI is InChI=1S/C13H20/c1-4-7-12-8-6-9-13(10-12)11(3)5-2/h6,8-11H,4-5,7H2,1-3H3. The van der Waals surface area contributed by atoms with Crippen LogP contribution in [0.1, 0.15) is 50.7 Å². The Kier molecular flexibility index (Phi) is 4.01. The Bertz CT molecular complexity index is 250. The van der Waals surface area contributed by atoms with Crippen molar-refractivity contribution in [2.75, 3.05) is 0 Å². The van der Waals surface area contributed by atoms with Crippen LogP contribution in [0.5, 0.6) is 0 Å².